The smallest absolute Gasteiger partial charge is 0.143 e. The molecule has 0 aliphatic rings. The van der Waals surface area contributed by atoms with Crippen LogP contribution in [0.1, 0.15) is 0 Å². The third-order valence-corrected chi connectivity index (χ3v) is 3.96. The fraction of sp³-hybridized carbons (Fsp3) is 0. The number of aromatic nitrogens is 1. The van der Waals surface area contributed by atoms with Crippen molar-refractivity contribution in [2.45, 2.75) is 0 Å². The van der Waals surface area contributed by atoms with E-state index >= 15 is 0 Å². The van der Waals surface area contributed by atoms with E-state index in [4.69, 9.17) is 22.1 Å². The van der Waals surface area contributed by atoms with E-state index in [0.717, 1.165) is 15.4 Å². The zero-order valence-corrected chi connectivity index (χ0v) is 12.6. The quantitative estimate of drug-likeness (QED) is 0.660. The van der Waals surface area contributed by atoms with Crippen LogP contribution in [-0.2, 0) is 0 Å². The summed E-state index contributed by atoms with van der Waals surface area (Å²) in [6.45, 7) is 0. The highest BCUT2D eigenvalue weighted by Gasteiger charge is 2.09. The molecule has 100 valence electrons. The predicted octanol–water partition coefficient (Wildman–Crippen LogP) is 5.03. The van der Waals surface area contributed by atoms with Crippen LogP contribution in [0.4, 0.5) is 5.69 Å². The van der Waals surface area contributed by atoms with Crippen LogP contribution < -0.4 is 10.5 Å². The minimum atomic E-state index is 0.629. The molecular formula is C15H10BrClN2O. The van der Waals surface area contributed by atoms with Gasteiger partial charge in [0.1, 0.15) is 11.5 Å². The van der Waals surface area contributed by atoms with Gasteiger partial charge in [-0.2, -0.15) is 0 Å². The summed E-state index contributed by atoms with van der Waals surface area (Å²) in [5, 5.41) is 1.54. The second-order valence-electron chi connectivity index (χ2n) is 4.23. The Morgan fingerprint density at radius 3 is 2.80 bits per heavy atom. The maximum absolute atomic E-state index is 5.97. The highest BCUT2D eigenvalue weighted by atomic mass is 79.9. The van der Waals surface area contributed by atoms with Crippen molar-refractivity contribution < 1.29 is 4.74 Å². The Balaban J connectivity index is 2.09. The predicted molar refractivity (Wildman–Crippen MR) is 85.4 cm³/mol. The number of pyridine rings is 1. The second kappa shape index (κ2) is 5.31. The van der Waals surface area contributed by atoms with Crippen LogP contribution >= 0.6 is 27.5 Å². The van der Waals surface area contributed by atoms with Crippen molar-refractivity contribution in [1.29, 1.82) is 0 Å². The van der Waals surface area contributed by atoms with Crippen molar-refractivity contribution in [1.82, 2.24) is 4.98 Å². The molecule has 0 bridgehead atoms. The molecule has 0 saturated carbocycles. The first-order chi connectivity index (χ1) is 9.65. The zero-order valence-electron chi connectivity index (χ0n) is 10.3. The highest BCUT2D eigenvalue weighted by molar-refractivity contribution is 9.10. The van der Waals surface area contributed by atoms with Gasteiger partial charge in [0.05, 0.1) is 9.99 Å². The molecule has 2 N–H and O–H groups in total. The van der Waals surface area contributed by atoms with Crippen molar-refractivity contribution in [2.75, 3.05) is 5.73 Å². The molecule has 0 saturated heterocycles. The average molecular weight is 350 g/mol. The molecule has 3 nitrogen and oxygen atoms in total. The fourth-order valence-corrected chi connectivity index (χ4v) is 2.42. The molecule has 0 unspecified atom stereocenters. The van der Waals surface area contributed by atoms with E-state index in [2.05, 4.69) is 20.9 Å². The Hall–Kier alpha value is -1.78. The van der Waals surface area contributed by atoms with Crippen LogP contribution in [0.5, 0.6) is 11.5 Å². The van der Waals surface area contributed by atoms with Gasteiger partial charge in [0, 0.05) is 22.3 Å². The van der Waals surface area contributed by atoms with Gasteiger partial charge in [0.2, 0.25) is 0 Å². The summed E-state index contributed by atoms with van der Waals surface area (Å²) in [4.78, 5) is 4.28. The summed E-state index contributed by atoms with van der Waals surface area (Å²) >= 11 is 9.40. The molecule has 3 aromatic rings. The first-order valence-corrected chi connectivity index (χ1v) is 7.08. The number of nitrogens with zero attached hydrogens (tertiary/aromatic N) is 1. The summed E-state index contributed by atoms with van der Waals surface area (Å²) in [6.07, 6.45) is 1.69. The molecule has 0 fully saturated rings. The standard InChI is InChI=1S/C15H10BrClN2O/c16-15-11(18)2-1-3-14(15)20-13-6-7-19-12-8-9(17)4-5-10(12)13/h1-8H,18H2. The van der Waals surface area contributed by atoms with Crippen molar-refractivity contribution >= 4 is 44.1 Å². The molecule has 2 aromatic carbocycles. The van der Waals surface area contributed by atoms with Crippen molar-refractivity contribution in [3.8, 4) is 11.5 Å². The molecule has 5 heteroatoms. The van der Waals surface area contributed by atoms with E-state index in [1.165, 1.54) is 0 Å². The van der Waals surface area contributed by atoms with E-state index in [1.807, 2.05) is 30.3 Å². The lowest BCUT2D eigenvalue weighted by Gasteiger charge is -2.11. The van der Waals surface area contributed by atoms with Crippen LogP contribution in [0.2, 0.25) is 5.02 Å². The number of anilines is 1. The molecule has 0 spiro atoms. The molecule has 0 atom stereocenters. The lowest BCUT2D eigenvalue weighted by atomic mass is 10.2. The van der Waals surface area contributed by atoms with Gasteiger partial charge in [0.15, 0.2) is 0 Å². The fourth-order valence-electron chi connectivity index (χ4n) is 1.91. The molecule has 1 aromatic heterocycles. The number of hydrogen-bond acceptors (Lipinski definition) is 3. The highest BCUT2D eigenvalue weighted by Crippen LogP contribution is 2.36. The molecule has 3 rings (SSSR count). The van der Waals surface area contributed by atoms with E-state index in [1.54, 1.807) is 18.3 Å². The van der Waals surface area contributed by atoms with E-state index < -0.39 is 0 Å². The van der Waals surface area contributed by atoms with Crippen LogP contribution in [-0.4, -0.2) is 4.98 Å². The molecule has 0 amide bonds. The van der Waals surface area contributed by atoms with Gasteiger partial charge in [0.25, 0.3) is 0 Å². The summed E-state index contributed by atoms with van der Waals surface area (Å²) in [6, 6.07) is 12.8. The number of ether oxygens (including phenoxy) is 1. The van der Waals surface area contributed by atoms with Gasteiger partial charge in [-0.3, -0.25) is 4.98 Å². The van der Waals surface area contributed by atoms with Crippen LogP contribution in [0, 0.1) is 0 Å². The number of benzene rings is 2. The van der Waals surface area contributed by atoms with Gasteiger partial charge in [-0.25, -0.2) is 0 Å². The minimum absolute atomic E-state index is 0.629. The van der Waals surface area contributed by atoms with Gasteiger partial charge in [-0.05, 0) is 52.3 Å². The number of halogens is 2. The van der Waals surface area contributed by atoms with Crippen molar-refractivity contribution in [3.63, 3.8) is 0 Å². The first kappa shape index (κ1) is 13.2. The number of rotatable bonds is 2. The van der Waals surface area contributed by atoms with Gasteiger partial charge >= 0.3 is 0 Å². The van der Waals surface area contributed by atoms with Crippen molar-refractivity contribution in [2.24, 2.45) is 0 Å². The zero-order chi connectivity index (χ0) is 14.1. The third-order valence-electron chi connectivity index (χ3n) is 2.88. The summed E-state index contributed by atoms with van der Waals surface area (Å²) in [5.74, 6) is 1.37. The number of nitrogens with two attached hydrogens (primary N) is 1. The monoisotopic (exact) mass is 348 g/mol. The van der Waals surface area contributed by atoms with E-state index in [0.29, 0.717) is 22.2 Å². The van der Waals surface area contributed by atoms with Gasteiger partial charge in [-0.15, -0.1) is 0 Å². The third kappa shape index (κ3) is 2.44. The molecule has 0 aliphatic heterocycles. The van der Waals surface area contributed by atoms with Gasteiger partial charge in [-0.1, -0.05) is 17.7 Å². The molecule has 20 heavy (non-hydrogen) atoms. The Morgan fingerprint density at radius 2 is 1.95 bits per heavy atom. The minimum Gasteiger partial charge on any atom is -0.455 e. The Labute approximate surface area is 129 Å². The van der Waals surface area contributed by atoms with Crippen LogP contribution in [0.15, 0.2) is 53.1 Å². The van der Waals surface area contributed by atoms with Gasteiger partial charge < -0.3 is 10.5 Å². The normalized spacial score (nSPS) is 10.7. The van der Waals surface area contributed by atoms with E-state index in [-0.39, 0.29) is 0 Å². The largest absolute Gasteiger partial charge is 0.455 e. The Morgan fingerprint density at radius 1 is 1.10 bits per heavy atom. The number of hydrogen-bond donors (Lipinski definition) is 1. The first-order valence-electron chi connectivity index (χ1n) is 5.91. The van der Waals surface area contributed by atoms with E-state index in [9.17, 15) is 0 Å². The lowest BCUT2D eigenvalue weighted by Crippen LogP contribution is -1.92. The molecule has 0 radical (unpaired) electrons. The SMILES string of the molecule is Nc1cccc(Oc2ccnc3cc(Cl)ccc23)c1Br. The average Bonchev–Trinajstić information content (AvgIpc) is 2.44. The maximum Gasteiger partial charge on any atom is 0.143 e. The summed E-state index contributed by atoms with van der Waals surface area (Å²) in [7, 11) is 0. The topological polar surface area (TPSA) is 48.1 Å². The van der Waals surface area contributed by atoms with Crippen LogP contribution in [0.25, 0.3) is 10.9 Å². The number of nitrogen functional groups attached to an aromatic ring is 1. The molecular weight excluding hydrogens is 340 g/mol. The maximum atomic E-state index is 5.97. The van der Waals surface area contributed by atoms with Crippen LogP contribution in [0.3, 0.4) is 0 Å². The number of fused-ring (bicyclic) bond motifs is 1. The molecule has 0 aliphatic carbocycles. The lowest BCUT2D eigenvalue weighted by molar-refractivity contribution is 0.485. The Bertz CT molecular complexity index is 792. The summed E-state index contributed by atoms with van der Waals surface area (Å²) in [5.41, 5.74) is 7.27. The Kier molecular flexibility index (Phi) is 3.51. The molecule has 1 heterocycles. The summed E-state index contributed by atoms with van der Waals surface area (Å²) < 4.78 is 6.67. The van der Waals surface area contributed by atoms with Crippen molar-refractivity contribution in [3.05, 3.63) is 58.2 Å². The second-order valence-corrected chi connectivity index (χ2v) is 5.46.